The summed E-state index contributed by atoms with van der Waals surface area (Å²) in [6.45, 7) is 2.71. The zero-order chi connectivity index (χ0) is 15.9. The van der Waals surface area contributed by atoms with E-state index in [2.05, 4.69) is 9.97 Å². The standard InChI is InChI=1S/C15H14ClF2N3O/c1-8-19-13-7-21(5-4-9(13)15(22)20-8)6-10-12(17)3-2-11(16)14(10)18/h2-3H,4-7H2,1H3,(H,19,20,22). The quantitative estimate of drug-likeness (QED) is 0.863. The third-order valence-electron chi connectivity index (χ3n) is 3.79. The summed E-state index contributed by atoms with van der Waals surface area (Å²) in [7, 11) is 0. The lowest BCUT2D eigenvalue weighted by Gasteiger charge is -2.27. The summed E-state index contributed by atoms with van der Waals surface area (Å²) < 4.78 is 27.8. The highest BCUT2D eigenvalue weighted by molar-refractivity contribution is 6.30. The van der Waals surface area contributed by atoms with Crippen LogP contribution in [0.1, 0.15) is 22.6 Å². The summed E-state index contributed by atoms with van der Waals surface area (Å²) in [5.41, 5.74) is 1.11. The Bertz CT molecular complexity index is 791. The molecule has 0 saturated carbocycles. The molecule has 2 heterocycles. The van der Waals surface area contributed by atoms with E-state index in [-0.39, 0.29) is 22.7 Å². The van der Waals surface area contributed by atoms with Gasteiger partial charge in [-0.3, -0.25) is 9.69 Å². The fraction of sp³-hybridized carbons (Fsp3) is 0.333. The minimum Gasteiger partial charge on any atom is -0.311 e. The number of fused-ring (bicyclic) bond motifs is 1. The van der Waals surface area contributed by atoms with Crippen molar-refractivity contribution in [2.24, 2.45) is 0 Å². The van der Waals surface area contributed by atoms with Gasteiger partial charge in [0.25, 0.3) is 5.56 Å². The van der Waals surface area contributed by atoms with Crippen LogP contribution in [0.5, 0.6) is 0 Å². The van der Waals surface area contributed by atoms with Crippen molar-refractivity contribution in [1.29, 1.82) is 0 Å². The molecule has 0 bridgehead atoms. The molecule has 0 spiro atoms. The molecule has 7 heteroatoms. The number of aryl methyl sites for hydroxylation is 1. The number of hydrogen-bond donors (Lipinski definition) is 1. The predicted octanol–water partition coefficient (Wildman–Crippen LogP) is 2.57. The summed E-state index contributed by atoms with van der Waals surface area (Å²) in [6, 6.07) is 2.36. The molecule has 1 N–H and O–H groups in total. The Kier molecular flexibility index (Phi) is 3.97. The van der Waals surface area contributed by atoms with Crippen LogP contribution in [0.25, 0.3) is 0 Å². The van der Waals surface area contributed by atoms with Gasteiger partial charge in [-0.05, 0) is 25.5 Å². The molecular formula is C15H14ClF2N3O. The van der Waals surface area contributed by atoms with Crippen LogP contribution in [0.15, 0.2) is 16.9 Å². The van der Waals surface area contributed by atoms with Crippen LogP contribution in [0, 0.1) is 18.6 Å². The number of nitrogens with zero attached hydrogens (tertiary/aromatic N) is 2. The molecule has 1 aromatic carbocycles. The third-order valence-corrected chi connectivity index (χ3v) is 4.08. The highest BCUT2D eigenvalue weighted by Crippen LogP contribution is 2.24. The molecule has 0 fully saturated rings. The maximum atomic E-state index is 14.0. The van der Waals surface area contributed by atoms with Crippen molar-refractivity contribution in [2.75, 3.05) is 6.54 Å². The Morgan fingerprint density at radius 3 is 2.95 bits per heavy atom. The van der Waals surface area contributed by atoms with Crippen LogP contribution in [-0.4, -0.2) is 21.4 Å². The molecule has 3 rings (SSSR count). The number of hydrogen-bond acceptors (Lipinski definition) is 3. The second-order valence-corrected chi connectivity index (χ2v) is 5.77. The Hall–Kier alpha value is -1.79. The number of rotatable bonds is 2. The fourth-order valence-corrected chi connectivity index (χ4v) is 2.87. The van der Waals surface area contributed by atoms with E-state index in [0.29, 0.717) is 36.6 Å². The Labute approximate surface area is 130 Å². The second kappa shape index (κ2) is 5.78. The summed E-state index contributed by atoms with van der Waals surface area (Å²) in [4.78, 5) is 20.7. The highest BCUT2D eigenvalue weighted by atomic mass is 35.5. The third kappa shape index (κ3) is 2.76. The number of nitrogens with one attached hydrogen (secondary N) is 1. The fourth-order valence-electron chi connectivity index (χ4n) is 2.69. The SMILES string of the molecule is Cc1nc2c(c(=O)[nH]1)CCN(Cc1c(F)ccc(Cl)c1F)C2. The lowest BCUT2D eigenvalue weighted by atomic mass is 10.1. The average molecular weight is 326 g/mol. The number of H-pyrrole nitrogens is 1. The van der Waals surface area contributed by atoms with Gasteiger partial charge in [0.2, 0.25) is 0 Å². The molecule has 0 unspecified atom stereocenters. The van der Waals surface area contributed by atoms with Gasteiger partial charge in [-0.25, -0.2) is 13.8 Å². The van der Waals surface area contributed by atoms with Crippen molar-refractivity contribution in [3.05, 3.63) is 61.8 Å². The highest BCUT2D eigenvalue weighted by Gasteiger charge is 2.23. The predicted molar refractivity (Wildman–Crippen MR) is 78.8 cm³/mol. The van der Waals surface area contributed by atoms with Crippen LogP contribution in [0.4, 0.5) is 8.78 Å². The van der Waals surface area contributed by atoms with Gasteiger partial charge in [0.15, 0.2) is 0 Å². The van der Waals surface area contributed by atoms with Gasteiger partial charge in [-0.2, -0.15) is 0 Å². The number of aromatic nitrogens is 2. The number of aromatic amines is 1. The first-order valence-electron chi connectivity index (χ1n) is 6.89. The van der Waals surface area contributed by atoms with E-state index in [1.807, 2.05) is 4.90 Å². The summed E-state index contributed by atoms with van der Waals surface area (Å²) >= 11 is 5.71. The van der Waals surface area contributed by atoms with Crippen LogP contribution in [-0.2, 0) is 19.5 Å². The summed E-state index contributed by atoms with van der Waals surface area (Å²) in [5.74, 6) is -0.823. The van der Waals surface area contributed by atoms with Gasteiger partial charge in [0, 0.05) is 30.8 Å². The first-order chi connectivity index (χ1) is 10.5. The van der Waals surface area contributed by atoms with Crippen molar-refractivity contribution in [2.45, 2.75) is 26.4 Å². The molecule has 2 aromatic rings. The zero-order valence-corrected chi connectivity index (χ0v) is 12.7. The van der Waals surface area contributed by atoms with Gasteiger partial charge in [0.1, 0.15) is 17.5 Å². The Balaban J connectivity index is 1.87. The molecule has 1 aliphatic heterocycles. The lowest BCUT2D eigenvalue weighted by Crippen LogP contribution is -2.35. The van der Waals surface area contributed by atoms with E-state index < -0.39 is 11.6 Å². The van der Waals surface area contributed by atoms with E-state index in [9.17, 15) is 13.6 Å². The van der Waals surface area contributed by atoms with E-state index in [4.69, 9.17) is 11.6 Å². The zero-order valence-electron chi connectivity index (χ0n) is 11.9. The van der Waals surface area contributed by atoms with Crippen LogP contribution in [0.3, 0.4) is 0 Å². The molecular weight excluding hydrogens is 312 g/mol. The number of benzene rings is 1. The van der Waals surface area contributed by atoms with Crippen molar-refractivity contribution in [3.8, 4) is 0 Å². The van der Waals surface area contributed by atoms with Crippen LogP contribution in [0.2, 0.25) is 5.02 Å². The van der Waals surface area contributed by atoms with Gasteiger partial charge in [0.05, 0.1) is 10.7 Å². The summed E-state index contributed by atoms with van der Waals surface area (Å²) in [6.07, 6.45) is 0.502. The van der Waals surface area contributed by atoms with Gasteiger partial charge in [-0.1, -0.05) is 11.6 Å². The lowest BCUT2D eigenvalue weighted by molar-refractivity contribution is 0.233. The smallest absolute Gasteiger partial charge is 0.254 e. The monoisotopic (exact) mass is 325 g/mol. The van der Waals surface area contributed by atoms with Crippen LogP contribution < -0.4 is 5.56 Å². The molecule has 0 atom stereocenters. The van der Waals surface area contributed by atoms with Crippen molar-refractivity contribution < 1.29 is 8.78 Å². The van der Waals surface area contributed by atoms with Crippen molar-refractivity contribution >= 4 is 11.6 Å². The van der Waals surface area contributed by atoms with Crippen LogP contribution >= 0.6 is 11.6 Å². The molecule has 0 amide bonds. The molecule has 0 saturated heterocycles. The molecule has 0 radical (unpaired) electrons. The molecule has 1 aromatic heterocycles. The van der Waals surface area contributed by atoms with E-state index in [0.717, 1.165) is 6.07 Å². The first-order valence-corrected chi connectivity index (χ1v) is 7.27. The van der Waals surface area contributed by atoms with E-state index >= 15 is 0 Å². The first kappa shape index (κ1) is 15.1. The van der Waals surface area contributed by atoms with Crippen molar-refractivity contribution in [1.82, 2.24) is 14.9 Å². The van der Waals surface area contributed by atoms with Gasteiger partial charge in [-0.15, -0.1) is 0 Å². The van der Waals surface area contributed by atoms with Crippen molar-refractivity contribution in [3.63, 3.8) is 0 Å². The summed E-state index contributed by atoms with van der Waals surface area (Å²) in [5, 5.41) is -0.0979. The minimum atomic E-state index is -0.734. The maximum Gasteiger partial charge on any atom is 0.254 e. The normalized spacial score (nSPS) is 14.9. The van der Waals surface area contributed by atoms with Gasteiger partial charge < -0.3 is 4.98 Å². The molecule has 0 aliphatic carbocycles. The molecule has 22 heavy (non-hydrogen) atoms. The molecule has 4 nitrogen and oxygen atoms in total. The number of halogens is 3. The average Bonchev–Trinajstić information content (AvgIpc) is 2.47. The van der Waals surface area contributed by atoms with E-state index in [1.165, 1.54) is 6.07 Å². The second-order valence-electron chi connectivity index (χ2n) is 5.36. The topological polar surface area (TPSA) is 49.0 Å². The molecule has 116 valence electrons. The maximum absolute atomic E-state index is 14.0. The Morgan fingerprint density at radius 2 is 2.18 bits per heavy atom. The minimum absolute atomic E-state index is 0.0579. The molecule has 1 aliphatic rings. The largest absolute Gasteiger partial charge is 0.311 e. The Morgan fingerprint density at radius 1 is 1.41 bits per heavy atom. The van der Waals surface area contributed by atoms with Gasteiger partial charge >= 0.3 is 0 Å². The van der Waals surface area contributed by atoms with E-state index in [1.54, 1.807) is 6.92 Å².